The van der Waals surface area contributed by atoms with Gasteiger partial charge in [0.25, 0.3) is 5.91 Å². The van der Waals surface area contributed by atoms with Gasteiger partial charge in [-0.05, 0) is 68.5 Å². The van der Waals surface area contributed by atoms with Crippen molar-refractivity contribution in [2.24, 2.45) is 5.92 Å². The summed E-state index contributed by atoms with van der Waals surface area (Å²) in [5, 5.41) is 8.89. The molecule has 1 saturated heterocycles. The monoisotopic (exact) mass is 478 g/mol. The van der Waals surface area contributed by atoms with Crippen molar-refractivity contribution in [1.29, 1.82) is 0 Å². The van der Waals surface area contributed by atoms with E-state index in [1.165, 1.54) is 0 Å². The van der Waals surface area contributed by atoms with Crippen molar-refractivity contribution in [3.63, 3.8) is 0 Å². The van der Waals surface area contributed by atoms with Gasteiger partial charge < -0.3 is 25.6 Å². The van der Waals surface area contributed by atoms with Crippen LogP contribution in [0.2, 0.25) is 0 Å². The van der Waals surface area contributed by atoms with Gasteiger partial charge in [-0.2, -0.15) is 0 Å². The average molecular weight is 479 g/mol. The molecule has 0 radical (unpaired) electrons. The molecule has 2 aliphatic rings. The van der Waals surface area contributed by atoms with Crippen LogP contribution in [0, 0.1) is 12.8 Å². The molecule has 8 nitrogen and oxygen atoms in total. The summed E-state index contributed by atoms with van der Waals surface area (Å²) in [7, 11) is 1.71. The standard InChI is InChI=1S/C27H34N4O4/c1-17-7-6-9-21(15-17)29-26(33)24-22-10-5-4-8-20(22)16-31(24)27(34)23(19-11-13-35-14-12-19)30-25(32)18(2)28-3/h4-10,15,18-19,23-24,28H,11-14,16H2,1-3H3,(H,29,33)(H,30,32)/t18-,23?,24?/m0/s1. The van der Waals surface area contributed by atoms with E-state index in [2.05, 4.69) is 16.0 Å². The van der Waals surface area contributed by atoms with E-state index in [0.29, 0.717) is 38.3 Å². The molecule has 0 bridgehead atoms. The third kappa shape index (κ3) is 5.55. The number of ether oxygens (including phenoxy) is 1. The van der Waals surface area contributed by atoms with Gasteiger partial charge >= 0.3 is 0 Å². The Morgan fingerprint density at radius 3 is 2.51 bits per heavy atom. The number of nitrogens with one attached hydrogen (secondary N) is 3. The second kappa shape index (κ2) is 11.0. The molecule has 1 fully saturated rings. The zero-order valence-corrected chi connectivity index (χ0v) is 20.5. The summed E-state index contributed by atoms with van der Waals surface area (Å²) >= 11 is 0. The maximum absolute atomic E-state index is 14.1. The topological polar surface area (TPSA) is 99.8 Å². The van der Waals surface area contributed by atoms with Crippen molar-refractivity contribution in [1.82, 2.24) is 15.5 Å². The maximum Gasteiger partial charge on any atom is 0.251 e. The zero-order chi connectivity index (χ0) is 24.9. The molecule has 35 heavy (non-hydrogen) atoms. The minimum absolute atomic E-state index is 0.0616. The number of amides is 3. The molecule has 2 aromatic rings. The number of nitrogens with zero attached hydrogens (tertiary/aromatic N) is 1. The Kier molecular flexibility index (Phi) is 7.83. The van der Waals surface area contributed by atoms with Crippen molar-refractivity contribution in [3.8, 4) is 0 Å². The summed E-state index contributed by atoms with van der Waals surface area (Å²) in [4.78, 5) is 42.0. The normalized spacial score (nSPS) is 19.5. The largest absolute Gasteiger partial charge is 0.381 e. The number of rotatable bonds is 7. The van der Waals surface area contributed by atoms with Gasteiger partial charge in [0.05, 0.1) is 6.04 Å². The fraction of sp³-hybridized carbons (Fsp3) is 0.444. The van der Waals surface area contributed by atoms with Gasteiger partial charge in [0, 0.05) is 25.4 Å². The Morgan fingerprint density at radius 1 is 1.06 bits per heavy atom. The number of benzene rings is 2. The van der Waals surface area contributed by atoms with Crippen LogP contribution >= 0.6 is 0 Å². The molecule has 3 atom stereocenters. The van der Waals surface area contributed by atoms with Crippen LogP contribution in [0.4, 0.5) is 5.69 Å². The van der Waals surface area contributed by atoms with Crippen LogP contribution in [0.25, 0.3) is 0 Å². The number of aryl methyl sites for hydroxylation is 1. The molecule has 3 amide bonds. The number of fused-ring (bicyclic) bond motifs is 1. The van der Waals surface area contributed by atoms with Gasteiger partial charge in [-0.1, -0.05) is 36.4 Å². The second-order valence-corrected chi connectivity index (χ2v) is 9.37. The van der Waals surface area contributed by atoms with E-state index in [9.17, 15) is 14.4 Å². The average Bonchev–Trinajstić information content (AvgIpc) is 3.26. The van der Waals surface area contributed by atoms with Gasteiger partial charge in [0.2, 0.25) is 11.8 Å². The lowest BCUT2D eigenvalue weighted by Gasteiger charge is -2.35. The molecule has 2 heterocycles. The van der Waals surface area contributed by atoms with Gasteiger partial charge in [-0.15, -0.1) is 0 Å². The van der Waals surface area contributed by atoms with Crippen molar-refractivity contribution in [3.05, 3.63) is 65.2 Å². The third-order valence-electron chi connectivity index (χ3n) is 6.95. The summed E-state index contributed by atoms with van der Waals surface area (Å²) in [6.45, 7) is 5.12. The highest BCUT2D eigenvalue weighted by molar-refractivity contribution is 6.00. The van der Waals surface area contributed by atoms with E-state index in [1.807, 2.05) is 55.5 Å². The molecule has 0 spiro atoms. The van der Waals surface area contributed by atoms with Gasteiger partial charge in [-0.25, -0.2) is 0 Å². The lowest BCUT2D eigenvalue weighted by molar-refractivity contribution is -0.144. The SMILES string of the molecule is CN[C@@H](C)C(=O)NC(C(=O)N1Cc2ccccc2C1C(=O)Nc1cccc(C)c1)C1CCOCC1. The first-order valence-electron chi connectivity index (χ1n) is 12.2. The smallest absolute Gasteiger partial charge is 0.251 e. The van der Waals surface area contributed by atoms with E-state index in [-0.39, 0.29) is 23.6 Å². The Hall–Kier alpha value is -3.23. The van der Waals surface area contributed by atoms with E-state index < -0.39 is 18.1 Å². The summed E-state index contributed by atoms with van der Waals surface area (Å²) in [6, 6.07) is 13.3. The van der Waals surface area contributed by atoms with Crippen LogP contribution in [0.15, 0.2) is 48.5 Å². The highest BCUT2D eigenvalue weighted by Gasteiger charge is 2.43. The lowest BCUT2D eigenvalue weighted by Crippen LogP contribution is -2.56. The highest BCUT2D eigenvalue weighted by atomic mass is 16.5. The van der Waals surface area contributed by atoms with Gasteiger partial charge in [0.1, 0.15) is 12.1 Å². The van der Waals surface area contributed by atoms with Crippen LogP contribution in [-0.4, -0.2) is 55.0 Å². The van der Waals surface area contributed by atoms with Crippen LogP contribution < -0.4 is 16.0 Å². The van der Waals surface area contributed by atoms with Crippen molar-refractivity contribution < 1.29 is 19.1 Å². The fourth-order valence-corrected chi connectivity index (χ4v) is 4.83. The van der Waals surface area contributed by atoms with Crippen molar-refractivity contribution in [2.75, 3.05) is 25.6 Å². The molecular weight excluding hydrogens is 444 g/mol. The first-order valence-corrected chi connectivity index (χ1v) is 12.2. The predicted molar refractivity (Wildman–Crippen MR) is 134 cm³/mol. The van der Waals surface area contributed by atoms with Crippen molar-refractivity contribution in [2.45, 2.75) is 51.4 Å². The summed E-state index contributed by atoms with van der Waals surface area (Å²) < 4.78 is 5.50. The number of hydrogen-bond donors (Lipinski definition) is 3. The molecular formula is C27H34N4O4. The Balaban J connectivity index is 1.63. The number of hydrogen-bond acceptors (Lipinski definition) is 5. The number of likely N-dealkylation sites (N-methyl/N-ethyl adjacent to an activating group) is 1. The molecule has 4 rings (SSSR count). The molecule has 2 aliphatic heterocycles. The quantitative estimate of drug-likeness (QED) is 0.568. The molecule has 3 N–H and O–H groups in total. The fourth-order valence-electron chi connectivity index (χ4n) is 4.83. The lowest BCUT2D eigenvalue weighted by atomic mass is 9.90. The zero-order valence-electron chi connectivity index (χ0n) is 20.5. The van der Waals surface area contributed by atoms with E-state index in [4.69, 9.17) is 4.74 Å². The molecule has 0 saturated carbocycles. The van der Waals surface area contributed by atoms with Gasteiger partial charge in [-0.3, -0.25) is 14.4 Å². The van der Waals surface area contributed by atoms with Crippen LogP contribution in [-0.2, 0) is 25.7 Å². The molecule has 0 aromatic heterocycles. The van der Waals surface area contributed by atoms with Crippen LogP contribution in [0.3, 0.4) is 0 Å². The molecule has 186 valence electrons. The Bertz CT molecular complexity index is 1080. The molecule has 2 aromatic carbocycles. The number of carbonyl (C=O) groups is 3. The maximum atomic E-state index is 14.1. The summed E-state index contributed by atoms with van der Waals surface area (Å²) in [6.07, 6.45) is 1.34. The minimum atomic E-state index is -0.778. The minimum Gasteiger partial charge on any atom is -0.381 e. The second-order valence-electron chi connectivity index (χ2n) is 9.37. The Morgan fingerprint density at radius 2 is 1.80 bits per heavy atom. The van der Waals surface area contributed by atoms with E-state index >= 15 is 0 Å². The highest BCUT2D eigenvalue weighted by Crippen LogP contribution is 2.36. The van der Waals surface area contributed by atoms with Gasteiger partial charge in [0.15, 0.2) is 0 Å². The van der Waals surface area contributed by atoms with E-state index in [0.717, 1.165) is 16.7 Å². The first kappa shape index (κ1) is 24.9. The summed E-state index contributed by atoms with van der Waals surface area (Å²) in [5.41, 5.74) is 3.46. The predicted octanol–water partition coefficient (Wildman–Crippen LogP) is 2.54. The first-order chi connectivity index (χ1) is 16.9. The van der Waals surface area contributed by atoms with Crippen LogP contribution in [0.5, 0.6) is 0 Å². The Labute approximate surface area is 206 Å². The van der Waals surface area contributed by atoms with E-state index in [1.54, 1.807) is 18.9 Å². The number of anilines is 1. The molecule has 8 heteroatoms. The summed E-state index contributed by atoms with van der Waals surface area (Å²) in [5.74, 6) is -0.813. The van der Waals surface area contributed by atoms with Crippen LogP contribution in [0.1, 0.15) is 42.5 Å². The molecule has 0 aliphatic carbocycles. The number of carbonyl (C=O) groups excluding carboxylic acids is 3. The van der Waals surface area contributed by atoms with Crippen molar-refractivity contribution >= 4 is 23.4 Å². The third-order valence-corrected chi connectivity index (χ3v) is 6.95. The molecule has 2 unspecified atom stereocenters.